The number of benzene rings is 1. The molecule has 27 heavy (non-hydrogen) atoms. The third-order valence-electron chi connectivity index (χ3n) is 4.09. The number of halogens is 1. The summed E-state index contributed by atoms with van der Waals surface area (Å²) in [4.78, 5) is 16.8. The highest BCUT2D eigenvalue weighted by molar-refractivity contribution is 6.31. The van der Waals surface area contributed by atoms with Crippen molar-refractivity contribution >= 4 is 28.8 Å². The molecule has 1 amide bonds. The van der Waals surface area contributed by atoms with E-state index in [0.29, 0.717) is 22.8 Å². The van der Waals surface area contributed by atoms with Crippen molar-refractivity contribution in [1.29, 1.82) is 0 Å². The standard InChI is InChI=1S/C19H16ClN5O2/c20-16-6-2-1-5-15(16)18(26)19(27)23-13-9-21-25(11-13)12-14-10-24-8-4-3-7-17(24)22-14/h1-11,18,26H,12H2,(H,23,27)/t18-/m1/s1. The summed E-state index contributed by atoms with van der Waals surface area (Å²) in [5, 5.41) is 17.4. The number of nitrogens with zero attached hydrogens (tertiary/aromatic N) is 4. The smallest absolute Gasteiger partial charge is 0.257 e. The van der Waals surface area contributed by atoms with Crippen LogP contribution in [-0.2, 0) is 11.3 Å². The lowest BCUT2D eigenvalue weighted by Gasteiger charge is -2.11. The van der Waals surface area contributed by atoms with Crippen LogP contribution in [0.25, 0.3) is 5.65 Å². The fourth-order valence-electron chi connectivity index (χ4n) is 2.79. The van der Waals surface area contributed by atoms with Gasteiger partial charge in [0.05, 0.1) is 24.1 Å². The summed E-state index contributed by atoms with van der Waals surface area (Å²) in [5.74, 6) is -0.574. The lowest BCUT2D eigenvalue weighted by Crippen LogP contribution is -2.20. The zero-order valence-electron chi connectivity index (χ0n) is 14.2. The molecule has 0 aliphatic heterocycles. The van der Waals surface area contributed by atoms with Gasteiger partial charge in [-0.2, -0.15) is 5.10 Å². The second-order valence-electron chi connectivity index (χ2n) is 6.04. The van der Waals surface area contributed by atoms with Gasteiger partial charge in [-0.3, -0.25) is 9.48 Å². The van der Waals surface area contributed by atoms with E-state index in [9.17, 15) is 9.90 Å². The van der Waals surface area contributed by atoms with Gasteiger partial charge >= 0.3 is 0 Å². The van der Waals surface area contributed by atoms with Crippen molar-refractivity contribution in [1.82, 2.24) is 19.2 Å². The van der Waals surface area contributed by atoms with Crippen LogP contribution in [0.2, 0.25) is 5.02 Å². The van der Waals surface area contributed by atoms with Gasteiger partial charge in [0, 0.05) is 29.2 Å². The van der Waals surface area contributed by atoms with E-state index >= 15 is 0 Å². The van der Waals surface area contributed by atoms with Gasteiger partial charge in [0.25, 0.3) is 5.91 Å². The molecule has 7 nitrogen and oxygen atoms in total. The van der Waals surface area contributed by atoms with Crippen molar-refractivity contribution in [2.24, 2.45) is 0 Å². The Morgan fingerprint density at radius 2 is 2.00 bits per heavy atom. The summed E-state index contributed by atoms with van der Waals surface area (Å²) >= 11 is 6.03. The van der Waals surface area contributed by atoms with Crippen molar-refractivity contribution in [3.05, 3.63) is 83.5 Å². The number of hydrogen-bond acceptors (Lipinski definition) is 4. The number of aliphatic hydroxyl groups is 1. The fraction of sp³-hybridized carbons (Fsp3) is 0.105. The Kier molecular flexibility index (Phi) is 4.62. The van der Waals surface area contributed by atoms with Gasteiger partial charge < -0.3 is 14.8 Å². The number of aliphatic hydroxyl groups excluding tert-OH is 1. The number of anilines is 1. The number of imidazole rings is 1. The number of amides is 1. The Hall–Kier alpha value is -3.16. The van der Waals surface area contributed by atoms with Crippen molar-refractivity contribution in [3.8, 4) is 0 Å². The number of pyridine rings is 1. The van der Waals surface area contributed by atoms with E-state index in [0.717, 1.165) is 11.3 Å². The van der Waals surface area contributed by atoms with Crippen LogP contribution in [0.15, 0.2) is 67.3 Å². The molecule has 0 unspecified atom stereocenters. The van der Waals surface area contributed by atoms with Gasteiger partial charge in [0.1, 0.15) is 5.65 Å². The van der Waals surface area contributed by atoms with E-state index in [1.165, 1.54) is 6.20 Å². The van der Waals surface area contributed by atoms with Crippen molar-refractivity contribution in [3.63, 3.8) is 0 Å². The fourth-order valence-corrected chi connectivity index (χ4v) is 3.03. The second kappa shape index (κ2) is 7.22. The maximum atomic E-state index is 12.3. The van der Waals surface area contributed by atoms with Gasteiger partial charge in [-0.1, -0.05) is 35.9 Å². The molecule has 3 aromatic heterocycles. The van der Waals surface area contributed by atoms with Crippen LogP contribution in [-0.4, -0.2) is 30.2 Å². The number of carbonyl (C=O) groups is 1. The van der Waals surface area contributed by atoms with Gasteiger partial charge in [-0.15, -0.1) is 0 Å². The summed E-state index contributed by atoms with van der Waals surface area (Å²) in [5.41, 5.74) is 2.54. The molecule has 0 radical (unpaired) electrons. The van der Waals surface area contributed by atoms with Gasteiger partial charge in [-0.25, -0.2) is 4.98 Å². The van der Waals surface area contributed by atoms with Gasteiger partial charge in [0.15, 0.2) is 6.10 Å². The van der Waals surface area contributed by atoms with Gasteiger partial charge in [0.2, 0.25) is 0 Å². The second-order valence-corrected chi connectivity index (χ2v) is 6.45. The SMILES string of the molecule is O=C(Nc1cnn(Cc2cn3ccccc3n2)c1)[C@H](O)c1ccccc1Cl. The Labute approximate surface area is 159 Å². The molecular weight excluding hydrogens is 366 g/mol. The van der Waals surface area contributed by atoms with E-state index in [-0.39, 0.29) is 0 Å². The predicted molar refractivity (Wildman–Crippen MR) is 102 cm³/mol. The zero-order valence-corrected chi connectivity index (χ0v) is 14.9. The predicted octanol–water partition coefficient (Wildman–Crippen LogP) is 2.90. The highest BCUT2D eigenvalue weighted by atomic mass is 35.5. The number of nitrogens with one attached hydrogen (secondary N) is 1. The molecular formula is C19H16ClN5O2. The number of carbonyl (C=O) groups excluding carboxylic acids is 1. The molecule has 0 saturated heterocycles. The van der Waals surface area contributed by atoms with Crippen LogP contribution in [0.3, 0.4) is 0 Å². The van der Waals surface area contributed by atoms with Crippen LogP contribution < -0.4 is 5.32 Å². The first-order valence-corrected chi connectivity index (χ1v) is 8.66. The maximum absolute atomic E-state index is 12.3. The Morgan fingerprint density at radius 1 is 1.19 bits per heavy atom. The molecule has 2 N–H and O–H groups in total. The van der Waals surface area contributed by atoms with Crippen molar-refractivity contribution in [2.75, 3.05) is 5.32 Å². The van der Waals surface area contributed by atoms with E-state index in [1.54, 1.807) is 35.1 Å². The first kappa shape index (κ1) is 17.3. The number of fused-ring (bicyclic) bond motifs is 1. The van der Waals surface area contributed by atoms with E-state index in [4.69, 9.17) is 11.6 Å². The monoisotopic (exact) mass is 381 g/mol. The summed E-state index contributed by atoms with van der Waals surface area (Å²) < 4.78 is 3.60. The van der Waals surface area contributed by atoms with Crippen LogP contribution in [0.1, 0.15) is 17.4 Å². The molecule has 4 rings (SSSR count). The number of rotatable bonds is 5. The number of aromatic nitrogens is 4. The minimum atomic E-state index is -1.36. The Morgan fingerprint density at radius 3 is 2.81 bits per heavy atom. The summed E-state index contributed by atoms with van der Waals surface area (Å²) in [6, 6.07) is 12.5. The topological polar surface area (TPSA) is 84.5 Å². The summed E-state index contributed by atoms with van der Waals surface area (Å²) in [6.07, 6.45) is 5.70. The van der Waals surface area contributed by atoms with E-state index in [1.807, 2.05) is 35.0 Å². The highest BCUT2D eigenvalue weighted by Gasteiger charge is 2.20. The average molecular weight is 382 g/mol. The minimum absolute atomic E-state index is 0.336. The van der Waals surface area contributed by atoms with Crippen LogP contribution in [0.5, 0.6) is 0 Å². The maximum Gasteiger partial charge on any atom is 0.257 e. The van der Waals surface area contributed by atoms with Crippen LogP contribution >= 0.6 is 11.6 Å². The minimum Gasteiger partial charge on any atom is -0.378 e. The highest BCUT2D eigenvalue weighted by Crippen LogP contribution is 2.23. The largest absolute Gasteiger partial charge is 0.378 e. The van der Waals surface area contributed by atoms with Gasteiger partial charge in [-0.05, 0) is 18.2 Å². The third-order valence-corrected chi connectivity index (χ3v) is 4.43. The molecule has 8 heteroatoms. The summed E-state index contributed by atoms with van der Waals surface area (Å²) in [7, 11) is 0. The normalized spacial score (nSPS) is 12.2. The quantitative estimate of drug-likeness (QED) is 0.556. The molecule has 0 bridgehead atoms. The molecule has 1 atom stereocenters. The molecule has 0 aliphatic carbocycles. The Balaban J connectivity index is 1.44. The molecule has 0 spiro atoms. The molecule has 136 valence electrons. The molecule has 0 saturated carbocycles. The lowest BCUT2D eigenvalue weighted by atomic mass is 10.1. The first-order chi connectivity index (χ1) is 13.1. The van der Waals surface area contributed by atoms with Crippen LogP contribution in [0.4, 0.5) is 5.69 Å². The Bertz CT molecular complexity index is 1070. The summed E-state index contributed by atoms with van der Waals surface area (Å²) in [6.45, 7) is 0.463. The molecule has 0 fully saturated rings. The van der Waals surface area contributed by atoms with Crippen LogP contribution in [0, 0.1) is 0 Å². The third kappa shape index (κ3) is 3.69. The first-order valence-electron chi connectivity index (χ1n) is 8.28. The zero-order chi connectivity index (χ0) is 18.8. The average Bonchev–Trinajstić information content (AvgIpc) is 3.27. The lowest BCUT2D eigenvalue weighted by molar-refractivity contribution is -0.124. The molecule has 0 aliphatic rings. The van der Waals surface area contributed by atoms with Crippen molar-refractivity contribution < 1.29 is 9.90 Å². The van der Waals surface area contributed by atoms with E-state index in [2.05, 4.69) is 15.4 Å². The molecule has 4 aromatic rings. The van der Waals surface area contributed by atoms with Crippen molar-refractivity contribution in [2.45, 2.75) is 12.6 Å². The van der Waals surface area contributed by atoms with E-state index < -0.39 is 12.0 Å². The number of hydrogen-bond donors (Lipinski definition) is 2. The molecule has 3 heterocycles. The molecule has 1 aromatic carbocycles.